The van der Waals surface area contributed by atoms with Crippen LogP contribution in [0.2, 0.25) is 0 Å². The second-order valence-corrected chi connectivity index (χ2v) is 4.74. The summed E-state index contributed by atoms with van der Waals surface area (Å²) < 4.78 is 0. The number of hydrogen-bond acceptors (Lipinski definition) is 4. The quantitative estimate of drug-likeness (QED) is 0.656. The number of nitrogens with one attached hydrogen (secondary N) is 1. The zero-order valence-corrected chi connectivity index (χ0v) is 11.3. The number of phenolic OH excluding ortho intramolecular Hbond substituents is 1. The van der Waals surface area contributed by atoms with E-state index in [1.54, 1.807) is 18.2 Å². The third kappa shape index (κ3) is 3.06. The third-order valence-electron chi connectivity index (χ3n) is 3.09. The minimum atomic E-state index is -0.431. The molecule has 104 valence electrons. The number of nitro benzene ring substituents is 1. The van der Waals surface area contributed by atoms with Crippen molar-refractivity contribution >= 4 is 11.4 Å². The smallest absolute Gasteiger partial charge is 0.271 e. The number of phenols is 1. The summed E-state index contributed by atoms with van der Waals surface area (Å²) in [5.74, 6) is 0.218. The maximum absolute atomic E-state index is 10.7. The van der Waals surface area contributed by atoms with Gasteiger partial charge in [-0.3, -0.25) is 10.1 Å². The first kappa shape index (κ1) is 13.9. The number of anilines is 1. The highest BCUT2D eigenvalue weighted by Gasteiger charge is 2.12. The molecule has 0 aliphatic carbocycles. The van der Waals surface area contributed by atoms with E-state index in [4.69, 9.17) is 0 Å². The van der Waals surface area contributed by atoms with E-state index in [-0.39, 0.29) is 17.5 Å². The molecule has 0 heterocycles. The summed E-state index contributed by atoms with van der Waals surface area (Å²) in [5, 5.41) is 23.8. The number of nitrogens with zero attached hydrogens (tertiary/aromatic N) is 1. The minimum absolute atomic E-state index is 0.0373. The summed E-state index contributed by atoms with van der Waals surface area (Å²) in [7, 11) is 0. The summed E-state index contributed by atoms with van der Waals surface area (Å²) in [6, 6.07) is 11.6. The van der Waals surface area contributed by atoms with E-state index >= 15 is 0 Å². The summed E-state index contributed by atoms with van der Waals surface area (Å²) in [6.45, 7) is 3.80. The van der Waals surface area contributed by atoms with Gasteiger partial charge in [0.1, 0.15) is 5.75 Å². The van der Waals surface area contributed by atoms with Gasteiger partial charge < -0.3 is 10.4 Å². The summed E-state index contributed by atoms with van der Waals surface area (Å²) >= 11 is 0. The SMILES string of the molecule is Cc1ccc(C(C)Nc2cccc([N+](=O)[O-])c2)c(O)c1. The van der Waals surface area contributed by atoms with Crippen LogP contribution in [0.3, 0.4) is 0 Å². The Morgan fingerprint density at radius 1 is 1.25 bits per heavy atom. The van der Waals surface area contributed by atoms with Gasteiger partial charge >= 0.3 is 0 Å². The lowest BCUT2D eigenvalue weighted by atomic mass is 10.0. The van der Waals surface area contributed by atoms with E-state index in [2.05, 4.69) is 5.32 Å². The van der Waals surface area contributed by atoms with Crippen molar-refractivity contribution in [3.05, 3.63) is 63.7 Å². The molecule has 0 aliphatic rings. The highest BCUT2D eigenvalue weighted by Crippen LogP contribution is 2.28. The van der Waals surface area contributed by atoms with Gasteiger partial charge in [-0.2, -0.15) is 0 Å². The monoisotopic (exact) mass is 272 g/mol. The molecule has 2 aromatic carbocycles. The Labute approximate surface area is 117 Å². The van der Waals surface area contributed by atoms with Crippen LogP contribution in [0.1, 0.15) is 24.1 Å². The second-order valence-electron chi connectivity index (χ2n) is 4.74. The third-order valence-corrected chi connectivity index (χ3v) is 3.09. The molecule has 0 fully saturated rings. The largest absolute Gasteiger partial charge is 0.508 e. The van der Waals surface area contributed by atoms with Crippen molar-refractivity contribution in [2.45, 2.75) is 19.9 Å². The molecule has 2 rings (SSSR count). The maximum atomic E-state index is 10.7. The first-order valence-electron chi connectivity index (χ1n) is 6.28. The van der Waals surface area contributed by atoms with Crippen LogP contribution in [-0.2, 0) is 0 Å². The first-order chi connectivity index (χ1) is 9.47. The van der Waals surface area contributed by atoms with Crippen LogP contribution in [0.15, 0.2) is 42.5 Å². The molecule has 0 aliphatic heterocycles. The predicted octanol–water partition coefficient (Wildman–Crippen LogP) is 3.78. The highest BCUT2D eigenvalue weighted by molar-refractivity contribution is 5.53. The molecular formula is C15H16N2O3. The van der Waals surface area contributed by atoms with Gasteiger partial charge in [0.15, 0.2) is 0 Å². The second kappa shape index (κ2) is 5.61. The van der Waals surface area contributed by atoms with Gasteiger partial charge in [0.25, 0.3) is 5.69 Å². The molecule has 2 N–H and O–H groups in total. The lowest BCUT2D eigenvalue weighted by molar-refractivity contribution is -0.384. The average Bonchev–Trinajstić information content (AvgIpc) is 2.38. The van der Waals surface area contributed by atoms with Crippen molar-refractivity contribution in [1.82, 2.24) is 0 Å². The molecule has 1 unspecified atom stereocenters. The molecule has 20 heavy (non-hydrogen) atoms. The molecule has 0 radical (unpaired) electrons. The van der Waals surface area contributed by atoms with E-state index in [9.17, 15) is 15.2 Å². The fraction of sp³-hybridized carbons (Fsp3) is 0.200. The summed E-state index contributed by atoms with van der Waals surface area (Å²) in [6.07, 6.45) is 0. The summed E-state index contributed by atoms with van der Waals surface area (Å²) in [5.41, 5.74) is 2.41. The van der Waals surface area contributed by atoms with Crippen molar-refractivity contribution in [3.63, 3.8) is 0 Å². The number of nitro groups is 1. The van der Waals surface area contributed by atoms with Crippen molar-refractivity contribution in [2.75, 3.05) is 5.32 Å². The number of hydrogen-bond donors (Lipinski definition) is 2. The fourth-order valence-corrected chi connectivity index (χ4v) is 2.06. The number of rotatable bonds is 4. The Kier molecular flexibility index (Phi) is 3.89. The molecular weight excluding hydrogens is 256 g/mol. The Bertz CT molecular complexity index is 641. The van der Waals surface area contributed by atoms with Crippen molar-refractivity contribution in [3.8, 4) is 5.75 Å². The van der Waals surface area contributed by atoms with Crippen molar-refractivity contribution < 1.29 is 10.0 Å². The van der Waals surface area contributed by atoms with Crippen LogP contribution in [0.5, 0.6) is 5.75 Å². The van der Waals surface area contributed by atoms with Crippen LogP contribution in [-0.4, -0.2) is 10.0 Å². The van der Waals surface area contributed by atoms with Gasteiger partial charge in [0.2, 0.25) is 0 Å². The van der Waals surface area contributed by atoms with Crippen LogP contribution >= 0.6 is 0 Å². The molecule has 0 saturated heterocycles. The Morgan fingerprint density at radius 3 is 2.65 bits per heavy atom. The molecule has 5 nitrogen and oxygen atoms in total. The standard InChI is InChI=1S/C15H16N2O3/c1-10-6-7-14(15(18)8-10)11(2)16-12-4-3-5-13(9-12)17(19)20/h3-9,11,16,18H,1-2H3. The topological polar surface area (TPSA) is 75.4 Å². The molecule has 2 aromatic rings. The van der Waals surface area contributed by atoms with E-state index < -0.39 is 4.92 Å². The van der Waals surface area contributed by atoms with Crippen LogP contribution in [0.25, 0.3) is 0 Å². The zero-order valence-electron chi connectivity index (χ0n) is 11.3. The van der Waals surface area contributed by atoms with Gasteiger partial charge in [-0.25, -0.2) is 0 Å². The Hall–Kier alpha value is -2.56. The van der Waals surface area contributed by atoms with Crippen LogP contribution < -0.4 is 5.32 Å². The molecule has 0 amide bonds. The maximum Gasteiger partial charge on any atom is 0.271 e. The number of non-ortho nitro benzene ring substituents is 1. The average molecular weight is 272 g/mol. The van der Waals surface area contributed by atoms with E-state index in [1.807, 2.05) is 26.0 Å². The van der Waals surface area contributed by atoms with E-state index in [0.717, 1.165) is 11.1 Å². The van der Waals surface area contributed by atoms with E-state index in [0.29, 0.717) is 5.69 Å². The zero-order chi connectivity index (χ0) is 14.7. The number of aromatic hydroxyl groups is 1. The van der Waals surface area contributed by atoms with Gasteiger partial charge in [0.05, 0.1) is 11.0 Å². The molecule has 0 spiro atoms. The predicted molar refractivity (Wildman–Crippen MR) is 78.0 cm³/mol. The molecule has 1 atom stereocenters. The Balaban J connectivity index is 2.21. The first-order valence-corrected chi connectivity index (χ1v) is 6.28. The minimum Gasteiger partial charge on any atom is -0.508 e. The summed E-state index contributed by atoms with van der Waals surface area (Å²) in [4.78, 5) is 10.3. The molecule has 0 saturated carbocycles. The fourth-order valence-electron chi connectivity index (χ4n) is 2.06. The Morgan fingerprint density at radius 2 is 2.00 bits per heavy atom. The highest BCUT2D eigenvalue weighted by atomic mass is 16.6. The normalized spacial score (nSPS) is 11.9. The lowest BCUT2D eigenvalue weighted by Gasteiger charge is -2.17. The molecule has 0 bridgehead atoms. The number of aryl methyl sites for hydroxylation is 1. The van der Waals surface area contributed by atoms with Gasteiger partial charge in [-0.05, 0) is 31.5 Å². The van der Waals surface area contributed by atoms with Crippen LogP contribution in [0, 0.1) is 17.0 Å². The van der Waals surface area contributed by atoms with Gasteiger partial charge in [-0.15, -0.1) is 0 Å². The van der Waals surface area contributed by atoms with Gasteiger partial charge in [0, 0.05) is 23.4 Å². The lowest BCUT2D eigenvalue weighted by Crippen LogP contribution is -2.07. The van der Waals surface area contributed by atoms with Crippen molar-refractivity contribution in [2.24, 2.45) is 0 Å². The van der Waals surface area contributed by atoms with Crippen molar-refractivity contribution in [1.29, 1.82) is 0 Å². The van der Waals surface area contributed by atoms with Gasteiger partial charge in [-0.1, -0.05) is 18.2 Å². The molecule has 0 aromatic heterocycles. The number of benzene rings is 2. The van der Waals surface area contributed by atoms with E-state index in [1.165, 1.54) is 12.1 Å². The van der Waals surface area contributed by atoms with Crippen LogP contribution in [0.4, 0.5) is 11.4 Å². The molecule has 5 heteroatoms.